The number of ether oxygens (including phenoxy) is 2. The van der Waals surface area contributed by atoms with Crippen LogP contribution >= 0.6 is 0 Å². The van der Waals surface area contributed by atoms with Crippen molar-refractivity contribution >= 4 is 16.7 Å². The van der Waals surface area contributed by atoms with E-state index in [2.05, 4.69) is 15.3 Å². The van der Waals surface area contributed by atoms with Gasteiger partial charge in [-0.25, -0.2) is 9.97 Å². The van der Waals surface area contributed by atoms with Crippen LogP contribution in [0.5, 0.6) is 11.5 Å². The number of anilines is 1. The Kier molecular flexibility index (Phi) is 4.57. The molecule has 0 saturated carbocycles. The first-order valence-corrected chi connectivity index (χ1v) is 7.46. The summed E-state index contributed by atoms with van der Waals surface area (Å²) in [6.07, 6.45) is 2.44. The minimum Gasteiger partial charge on any atom is -0.493 e. The Morgan fingerprint density at radius 2 is 1.78 bits per heavy atom. The van der Waals surface area contributed by atoms with Crippen molar-refractivity contribution in [1.82, 2.24) is 9.97 Å². The van der Waals surface area contributed by atoms with Gasteiger partial charge in [0.15, 0.2) is 11.5 Å². The van der Waals surface area contributed by atoms with E-state index < -0.39 is 0 Å². The van der Waals surface area contributed by atoms with Crippen molar-refractivity contribution in [1.29, 1.82) is 0 Å². The summed E-state index contributed by atoms with van der Waals surface area (Å²) in [6, 6.07) is 13.9. The lowest BCUT2D eigenvalue weighted by Crippen LogP contribution is -2.07. The van der Waals surface area contributed by atoms with E-state index in [4.69, 9.17) is 9.47 Å². The van der Waals surface area contributed by atoms with Gasteiger partial charge in [-0.05, 0) is 36.2 Å². The van der Waals surface area contributed by atoms with Gasteiger partial charge in [-0.1, -0.05) is 18.2 Å². The Hall–Kier alpha value is -2.82. The van der Waals surface area contributed by atoms with Crippen molar-refractivity contribution in [2.45, 2.75) is 6.42 Å². The van der Waals surface area contributed by atoms with Crippen molar-refractivity contribution in [3.63, 3.8) is 0 Å². The zero-order valence-corrected chi connectivity index (χ0v) is 13.2. The van der Waals surface area contributed by atoms with Crippen molar-refractivity contribution in [3.8, 4) is 11.5 Å². The summed E-state index contributed by atoms with van der Waals surface area (Å²) in [4.78, 5) is 8.60. The molecule has 1 heterocycles. The maximum absolute atomic E-state index is 5.33. The molecule has 0 unspecified atom stereocenters. The fourth-order valence-corrected chi connectivity index (χ4v) is 2.51. The number of fused-ring (bicyclic) bond motifs is 1. The lowest BCUT2D eigenvalue weighted by Gasteiger charge is -2.11. The average Bonchev–Trinajstić information content (AvgIpc) is 2.61. The number of hydrogen-bond donors (Lipinski definition) is 1. The number of aromatic nitrogens is 2. The van der Waals surface area contributed by atoms with Crippen LogP contribution in [0.3, 0.4) is 0 Å². The molecule has 0 fully saturated rings. The van der Waals surface area contributed by atoms with E-state index in [1.807, 2.05) is 42.5 Å². The second-order valence-electron chi connectivity index (χ2n) is 5.11. The van der Waals surface area contributed by atoms with Crippen molar-refractivity contribution in [3.05, 3.63) is 54.4 Å². The molecule has 2 aromatic carbocycles. The highest BCUT2D eigenvalue weighted by molar-refractivity contribution is 5.88. The van der Waals surface area contributed by atoms with Gasteiger partial charge in [0.1, 0.15) is 12.1 Å². The van der Waals surface area contributed by atoms with E-state index >= 15 is 0 Å². The molecule has 118 valence electrons. The van der Waals surface area contributed by atoms with Crippen LogP contribution in [0.1, 0.15) is 5.56 Å². The average molecular weight is 309 g/mol. The molecule has 1 N–H and O–H groups in total. The Labute approximate surface area is 135 Å². The largest absolute Gasteiger partial charge is 0.493 e. The second kappa shape index (κ2) is 6.96. The summed E-state index contributed by atoms with van der Waals surface area (Å²) in [5.41, 5.74) is 2.12. The molecule has 0 atom stereocenters. The maximum Gasteiger partial charge on any atom is 0.160 e. The van der Waals surface area contributed by atoms with Crippen LogP contribution < -0.4 is 14.8 Å². The number of nitrogens with one attached hydrogen (secondary N) is 1. The van der Waals surface area contributed by atoms with Crippen LogP contribution in [0.4, 0.5) is 5.82 Å². The molecular weight excluding hydrogens is 290 g/mol. The van der Waals surface area contributed by atoms with E-state index in [-0.39, 0.29) is 0 Å². The highest BCUT2D eigenvalue weighted by Gasteiger charge is 2.05. The first kappa shape index (κ1) is 15.1. The van der Waals surface area contributed by atoms with Gasteiger partial charge in [-0.2, -0.15) is 0 Å². The molecule has 0 spiro atoms. The third-order valence-electron chi connectivity index (χ3n) is 3.70. The molecule has 0 radical (unpaired) electrons. The number of nitrogens with zero attached hydrogens (tertiary/aromatic N) is 2. The highest BCUT2D eigenvalue weighted by atomic mass is 16.5. The Morgan fingerprint density at radius 1 is 0.957 bits per heavy atom. The molecule has 0 saturated heterocycles. The van der Waals surface area contributed by atoms with Crippen LogP contribution in [0.25, 0.3) is 10.9 Å². The predicted octanol–water partition coefficient (Wildman–Crippen LogP) is 3.30. The van der Waals surface area contributed by atoms with Crippen LogP contribution in [0.2, 0.25) is 0 Å². The summed E-state index contributed by atoms with van der Waals surface area (Å²) in [5, 5.41) is 4.41. The molecule has 1 aromatic heterocycles. The smallest absolute Gasteiger partial charge is 0.160 e. The zero-order valence-electron chi connectivity index (χ0n) is 13.2. The number of rotatable bonds is 6. The Morgan fingerprint density at radius 3 is 2.61 bits per heavy atom. The molecule has 0 bridgehead atoms. The summed E-state index contributed by atoms with van der Waals surface area (Å²) in [5.74, 6) is 2.35. The molecule has 0 aliphatic rings. The number of hydrogen-bond acceptors (Lipinski definition) is 5. The quantitative estimate of drug-likeness (QED) is 0.757. The highest BCUT2D eigenvalue weighted by Crippen LogP contribution is 2.27. The Balaban J connectivity index is 1.69. The lowest BCUT2D eigenvalue weighted by molar-refractivity contribution is 0.354. The van der Waals surface area contributed by atoms with E-state index in [0.29, 0.717) is 0 Å². The van der Waals surface area contributed by atoms with E-state index in [1.165, 1.54) is 5.56 Å². The maximum atomic E-state index is 5.33. The van der Waals surface area contributed by atoms with Gasteiger partial charge in [0.2, 0.25) is 0 Å². The summed E-state index contributed by atoms with van der Waals surface area (Å²) < 4.78 is 10.6. The molecule has 3 aromatic rings. The minimum absolute atomic E-state index is 0.742. The van der Waals surface area contributed by atoms with Crippen molar-refractivity contribution in [2.24, 2.45) is 0 Å². The zero-order chi connectivity index (χ0) is 16.1. The fourth-order valence-electron chi connectivity index (χ4n) is 2.51. The van der Waals surface area contributed by atoms with E-state index in [1.54, 1.807) is 20.5 Å². The molecule has 5 heteroatoms. The second-order valence-corrected chi connectivity index (χ2v) is 5.11. The summed E-state index contributed by atoms with van der Waals surface area (Å²) >= 11 is 0. The van der Waals surface area contributed by atoms with E-state index in [0.717, 1.165) is 41.2 Å². The number of para-hydroxylation sites is 1. The molecule has 0 amide bonds. The molecule has 3 rings (SSSR count). The van der Waals surface area contributed by atoms with Crippen LogP contribution in [-0.4, -0.2) is 30.7 Å². The summed E-state index contributed by atoms with van der Waals surface area (Å²) in [6.45, 7) is 0.774. The lowest BCUT2D eigenvalue weighted by atomic mass is 10.1. The van der Waals surface area contributed by atoms with Gasteiger partial charge in [0.05, 0.1) is 19.7 Å². The van der Waals surface area contributed by atoms with Gasteiger partial charge in [-0.3, -0.25) is 0 Å². The third-order valence-corrected chi connectivity index (χ3v) is 3.70. The topological polar surface area (TPSA) is 56.3 Å². The Bertz CT molecular complexity index is 800. The van der Waals surface area contributed by atoms with Gasteiger partial charge >= 0.3 is 0 Å². The monoisotopic (exact) mass is 309 g/mol. The summed E-state index contributed by atoms with van der Waals surface area (Å²) in [7, 11) is 3.28. The first-order valence-electron chi connectivity index (χ1n) is 7.46. The van der Waals surface area contributed by atoms with Gasteiger partial charge in [-0.15, -0.1) is 0 Å². The van der Waals surface area contributed by atoms with Gasteiger partial charge in [0.25, 0.3) is 0 Å². The molecular formula is C18H19N3O2. The van der Waals surface area contributed by atoms with Gasteiger partial charge in [0, 0.05) is 11.9 Å². The number of methoxy groups -OCH3 is 2. The van der Waals surface area contributed by atoms with Crippen LogP contribution in [-0.2, 0) is 6.42 Å². The SMILES string of the molecule is COc1ccc(CCNc2ncnc3ccccc23)cc1OC. The normalized spacial score (nSPS) is 10.5. The fraction of sp³-hybridized carbons (Fsp3) is 0.222. The molecule has 5 nitrogen and oxygen atoms in total. The first-order chi connectivity index (χ1) is 11.3. The minimum atomic E-state index is 0.742. The standard InChI is InChI=1S/C18H19N3O2/c1-22-16-8-7-13(11-17(16)23-2)9-10-19-18-14-5-3-4-6-15(14)20-12-21-18/h3-8,11-12H,9-10H2,1-2H3,(H,19,20,21). The van der Waals surface area contributed by atoms with E-state index in [9.17, 15) is 0 Å². The van der Waals surface area contributed by atoms with Crippen molar-refractivity contribution in [2.75, 3.05) is 26.1 Å². The van der Waals surface area contributed by atoms with Gasteiger partial charge < -0.3 is 14.8 Å². The molecule has 0 aliphatic carbocycles. The molecule has 23 heavy (non-hydrogen) atoms. The van der Waals surface area contributed by atoms with Crippen LogP contribution in [0.15, 0.2) is 48.8 Å². The van der Waals surface area contributed by atoms with Crippen molar-refractivity contribution < 1.29 is 9.47 Å². The number of benzene rings is 2. The van der Waals surface area contributed by atoms with Crippen LogP contribution in [0, 0.1) is 0 Å². The predicted molar refractivity (Wildman–Crippen MR) is 91.3 cm³/mol. The molecule has 0 aliphatic heterocycles. The third kappa shape index (κ3) is 3.34.